The first-order valence-electron chi connectivity index (χ1n) is 3.97. The summed E-state index contributed by atoms with van der Waals surface area (Å²) in [7, 11) is 0. The van der Waals surface area contributed by atoms with Crippen LogP contribution in [0.5, 0.6) is 0 Å². The van der Waals surface area contributed by atoms with Gasteiger partial charge in [-0.15, -0.1) is 6.58 Å². The highest BCUT2D eigenvalue weighted by Crippen LogP contribution is 2.17. The predicted octanol–water partition coefficient (Wildman–Crippen LogP) is 3.40. The Labute approximate surface area is 68.6 Å². The smallest absolute Gasteiger partial charge is 0.0127 e. The first kappa shape index (κ1) is 8.06. The van der Waals surface area contributed by atoms with Crippen molar-refractivity contribution in [3.63, 3.8) is 0 Å². The van der Waals surface area contributed by atoms with Crippen molar-refractivity contribution in [3.8, 4) is 0 Å². The van der Waals surface area contributed by atoms with Crippen molar-refractivity contribution in [2.45, 2.75) is 19.8 Å². The Morgan fingerprint density at radius 2 is 2.36 bits per heavy atom. The Morgan fingerprint density at radius 3 is 3.09 bits per heavy atom. The lowest BCUT2D eigenvalue weighted by atomic mass is 10.0. The van der Waals surface area contributed by atoms with Gasteiger partial charge in [-0.1, -0.05) is 41.5 Å². The second-order valence-corrected chi connectivity index (χ2v) is 2.77. The number of hydrogen-bond acceptors (Lipinski definition) is 0. The minimum Gasteiger partial charge on any atom is -0.103 e. The van der Waals surface area contributed by atoms with Crippen molar-refractivity contribution in [1.82, 2.24) is 0 Å². The highest BCUT2D eigenvalue weighted by atomic mass is 14.0. The maximum Gasteiger partial charge on any atom is -0.0127 e. The molecule has 0 aromatic heterocycles. The van der Waals surface area contributed by atoms with Gasteiger partial charge >= 0.3 is 0 Å². The molecule has 0 saturated heterocycles. The lowest BCUT2D eigenvalue weighted by molar-refractivity contribution is 1.08. The van der Waals surface area contributed by atoms with Gasteiger partial charge in [-0.25, -0.2) is 0 Å². The summed E-state index contributed by atoms with van der Waals surface area (Å²) in [4.78, 5) is 0. The molecule has 0 heteroatoms. The first-order valence-corrected chi connectivity index (χ1v) is 3.97. The van der Waals surface area contributed by atoms with E-state index in [2.05, 4.69) is 37.8 Å². The minimum atomic E-state index is 1.01. The number of hydrogen-bond donors (Lipinski definition) is 0. The molecule has 0 amide bonds. The molecule has 0 aromatic rings. The summed E-state index contributed by atoms with van der Waals surface area (Å²) in [6.45, 7) is 5.89. The van der Waals surface area contributed by atoms with Gasteiger partial charge in [0, 0.05) is 0 Å². The molecule has 0 N–H and O–H groups in total. The van der Waals surface area contributed by atoms with Crippen LogP contribution in [0.4, 0.5) is 0 Å². The molecule has 0 fully saturated rings. The Morgan fingerprint density at radius 1 is 1.55 bits per heavy atom. The second kappa shape index (κ2) is 3.97. The van der Waals surface area contributed by atoms with Gasteiger partial charge in [0.15, 0.2) is 0 Å². The van der Waals surface area contributed by atoms with E-state index in [-0.39, 0.29) is 0 Å². The zero-order chi connectivity index (χ0) is 8.10. The van der Waals surface area contributed by atoms with Gasteiger partial charge in [0.05, 0.1) is 0 Å². The van der Waals surface area contributed by atoms with E-state index in [0.29, 0.717) is 0 Å². The topological polar surface area (TPSA) is 0 Å². The van der Waals surface area contributed by atoms with E-state index in [1.807, 2.05) is 6.08 Å². The van der Waals surface area contributed by atoms with E-state index in [4.69, 9.17) is 0 Å². The molecular formula is C11H14. The Bertz CT molecular complexity index is 226. The Hall–Kier alpha value is -1.04. The fourth-order valence-electron chi connectivity index (χ4n) is 1.19. The van der Waals surface area contributed by atoms with E-state index < -0.39 is 0 Å². The van der Waals surface area contributed by atoms with Gasteiger partial charge < -0.3 is 0 Å². The van der Waals surface area contributed by atoms with Crippen molar-refractivity contribution in [2.24, 2.45) is 0 Å². The van der Waals surface area contributed by atoms with Crippen LogP contribution >= 0.6 is 0 Å². The van der Waals surface area contributed by atoms with E-state index in [1.54, 1.807) is 0 Å². The molecule has 0 unspecified atom stereocenters. The largest absolute Gasteiger partial charge is 0.103 e. The zero-order valence-corrected chi connectivity index (χ0v) is 7.01. The molecule has 0 saturated carbocycles. The summed E-state index contributed by atoms with van der Waals surface area (Å²) in [5.41, 5.74) is 2.86. The third kappa shape index (κ3) is 2.23. The van der Waals surface area contributed by atoms with Crippen LogP contribution in [0.15, 0.2) is 48.1 Å². The molecule has 1 rings (SSSR count). The van der Waals surface area contributed by atoms with Crippen LogP contribution < -0.4 is 0 Å². The predicted molar refractivity (Wildman–Crippen MR) is 50.4 cm³/mol. The monoisotopic (exact) mass is 146 g/mol. The molecule has 0 radical (unpaired) electrons. The fourth-order valence-corrected chi connectivity index (χ4v) is 1.19. The van der Waals surface area contributed by atoms with Crippen LogP contribution in [0.2, 0.25) is 0 Å². The van der Waals surface area contributed by atoms with Crippen molar-refractivity contribution in [3.05, 3.63) is 48.1 Å². The summed E-state index contributed by atoms with van der Waals surface area (Å²) in [6, 6.07) is 0. The average Bonchev–Trinajstić information content (AvgIpc) is 2.18. The maximum atomic E-state index is 3.74. The summed E-state index contributed by atoms with van der Waals surface area (Å²) in [6.07, 6.45) is 12.6. The van der Waals surface area contributed by atoms with Crippen molar-refractivity contribution in [1.29, 1.82) is 0 Å². The van der Waals surface area contributed by atoms with Crippen LogP contribution in [0.25, 0.3) is 0 Å². The van der Waals surface area contributed by atoms with Gasteiger partial charge in [0.2, 0.25) is 0 Å². The molecular weight excluding hydrogens is 132 g/mol. The molecule has 0 heterocycles. The lowest BCUT2D eigenvalue weighted by Crippen LogP contribution is -1.82. The van der Waals surface area contributed by atoms with E-state index in [9.17, 15) is 0 Å². The van der Waals surface area contributed by atoms with Gasteiger partial charge in [-0.2, -0.15) is 0 Å². The molecule has 58 valence electrons. The maximum absolute atomic E-state index is 3.74. The average molecular weight is 146 g/mol. The first-order chi connectivity index (χ1) is 5.34. The summed E-state index contributed by atoms with van der Waals surface area (Å²) < 4.78 is 0. The van der Waals surface area contributed by atoms with Gasteiger partial charge in [0.1, 0.15) is 0 Å². The van der Waals surface area contributed by atoms with E-state index in [0.717, 1.165) is 12.8 Å². The molecule has 1 aliphatic carbocycles. The molecule has 0 nitrogen and oxygen atoms in total. The summed E-state index contributed by atoms with van der Waals surface area (Å²) in [5.74, 6) is 0. The van der Waals surface area contributed by atoms with Crippen molar-refractivity contribution >= 4 is 0 Å². The highest BCUT2D eigenvalue weighted by molar-refractivity contribution is 5.31. The fraction of sp³-hybridized carbons (Fsp3) is 0.273. The van der Waals surface area contributed by atoms with Crippen LogP contribution in [-0.4, -0.2) is 0 Å². The van der Waals surface area contributed by atoms with Crippen molar-refractivity contribution in [2.75, 3.05) is 0 Å². The van der Waals surface area contributed by atoms with E-state index in [1.165, 1.54) is 11.1 Å². The molecule has 0 aromatic carbocycles. The molecule has 0 spiro atoms. The molecule has 0 aliphatic heterocycles. The number of allylic oxidation sites excluding steroid dienone is 7. The second-order valence-electron chi connectivity index (χ2n) is 2.77. The molecule has 0 atom stereocenters. The van der Waals surface area contributed by atoms with Gasteiger partial charge in [-0.3, -0.25) is 0 Å². The standard InChI is InChI=1S/C11H14/c1-3-7-11-9-6-4-5-8-10(11)2/h3-6,8H,1,7,9H2,2H3. The number of rotatable bonds is 2. The minimum absolute atomic E-state index is 1.01. The van der Waals surface area contributed by atoms with Crippen LogP contribution in [0, 0.1) is 0 Å². The Kier molecular flexibility index (Phi) is 2.91. The molecule has 11 heavy (non-hydrogen) atoms. The van der Waals surface area contributed by atoms with Crippen molar-refractivity contribution < 1.29 is 0 Å². The van der Waals surface area contributed by atoms with Gasteiger partial charge in [0.25, 0.3) is 0 Å². The van der Waals surface area contributed by atoms with Crippen LogP contribution in [0.1, 0.15) is 19.8 Å². The van der Waals surface area contributed by atoms with E-state index >= 15 is 0 Å². The van der Waals surface area contributed by atoms with Crippen LogP contribution in [0.3, 0.4) is 0 Å². The third-order valence-electron chi connectivity index (χ3n) is 1.91. The summed E-state index contributed by atoms with van der Waals surface area (Å²) >= 11 is 0. The Balaban J connectivity index is 2.79. The SMILES string of the molecule is C=CCC1=C(C)C=CC=CC1. The highest BCUT2D eigenvalue weighted by Gasteiger charge is 1.97. The molecule has 0 bridgehead atoms. The third-order valence-corrected chi connectivity index (χ3v) is 1.91. The quantitative estimate of drug-likeness (QED) is 0.524. The molecule has 1 aliphatic rings. The normalized spacial score (nSPS) is 16.8. The lowest BCUT2D eigenvalue weighted by Gasteiger charge is -2.02. The van der Waals surface area contributed by atoms with Gasteiger partial charge in [-0.05, 0) is 19.8 Å². The van der Waals surface area contributed by atoms with Crippen LogP contribution in [-0.2, 0) is 0 Å². The zero-order valence-electron chi connectivity index (χ0n) is 7.01. The summed E-state index contributed by atoms with van der Waals surface area (Å²) in [5, 5.41) is 0.